The monoisotopic (exact) mass is 242 g/mol. The molecule has 3 nitrogen and oxygen atoms in total. The summed E-state index contributed by atoms with van der Waals surface area (Å²) < 4.78 is 0. The maximum Gasteiger partial charge on any atom is 0.0929 e. The van der Waals surface area contributed by atoms with Gasteiger partial charge in [0.25, 0.3) is 0 Å². The zero-order valence-corrected chi connectivity index (χ0v) is 10.5. The van der Waals surface area contributed by atoms with E-state index in [1.807, 2.05) is 30.3 Å². The van der Waals surface area contributed by atoms with Crippen LogP contribution >= 0.6 is 0 Å². The highest BCUT2D eigenvalue weighted by Crippen LogP contribution is 2.14. The number of nitrogens with zero attached hydrogens (tertiary/aromatic N) is 1. The summed E-state index contributed by atoms with van der Waals surface area (Å²) in [5.74, 6) is 0. The third-order valence-corrected chi connectivity index (χ3v) is 2.99. The molecule has 0 fully saturated rings. The Morgan fingerprint density at radius 1 is 1.11 bits per heavy atom. The van der Waals surface area contributed by atoms with Gasteiger partial charge in [0.05, 0.1) is 6.10 Å². The Morgan fingerprint density at radius 3 is 2.50 bits per heavy atom. The van der Waals surface area contributed by atoms with Crippen molar-refractivity contribution in [1.29, 1.82) is 0 Å². The van der Waals surface area contributed by atoms with E-state index in [1.54, 1.807) is 12.4 Å². The summed E-state index contributed by atoms with van der Waals surface area (Å²) >= 11 is 0. The Morgan fingerprint density at radius 2 is 1.83 bits per heavy atom. The Bertz CT molecular complexity index is 413. The molecule has 0 radical (unpaired) electrons. The van der Waals surface area contributed by atoms with Crippen LogP contribution in [0, 0.1) is 0 Å². The van der Waals surface area contributed by atoms with Gasteiger partial charge in [-0.1, -0.05) is 36.4 Å². The number of aromatic nitrogens is 1. The number of hydrogen-bond acceptors (Lipinski definition) is 3. The fraction of sp³-hybridized carbons (Fsp3) is 0.267. The van der Waals surface area contributed by atoms with Gasteiger partial charge < -0.3 is 10.4 Å². The lowest BCUT2D eigenvalue weighted by Crippen LogP contribution is -2.24. The zero-order chi connectivity index (χ0) is 12.8. The van der Waals surface area contributed by atoms with Crippen LogP contribution in [0.1, 0.15) is 30.2 Å². The number of aliphatic hydroxyl groups excluding tert-OH is 1. The fourth-order valence-corrected chi connectivity index (χ4v) is 1.84. The van der Waals surface area contributed by atoms with E-state index in [0.29, 0.717) is 6.54 Å². The molecule has 0 aliphatic rings. The molecule has 0 saturated heterocycles. The van der Waals surface area contributed by atoms with E-state index in [1.165, 1.54) is 5.56 Å². The SMILES string of the molecule is CC(NC[C@H](O)c1cccnc1)c1ccccc1. The molecule has 1 aromatic carbocycles. The van der Waals surface area contributed by atoms with Crippen LogP contribution in [0.3, 0.4) is 0 Å². The summed E-state index contributed by atoms with van der Waals surface area (Å²) in [5, 5.41) is 13.3. The predicted octanol–water partition coefficient (Wildman–Crippen LogP) is 2.47. The molecular formula is C15H18N2O. The van der Waals surface area contributed by atoms with Crippen LogP contribution in [-0.2, 0) is 0 Å². The second-order valence-electron chi connectivity index (χ2n) is 4.34. The Labute approximate surface area is 108 Å². The molecule has 94 valence electrons. The van der Waals surface area contributed by atoms with Gasteiger partial charge in [-0.05, 0) is 18.6 Å². The minimum atomic E-state index is -0.523. The number of benzene rings is 1. The number of aliphatic hydroxyl groups is 1. The topological polar surface area (TPSA) is 45.1 Å². The largest absolute Gasteiger partial charge is 0.387 e. The van der Waals surface area contributed by atoms with E-state index in [4.69, 9.17) is 0 Å². The van der Waals surface area contributed by atoms with Crippen LogP contribution in [0.15, 0.2) is 54.9 Å². The van der Waals surface area contributed by atoms with Crippen LogP contribution in [-0.4, -0.2) is 16.6 Å². The molecule has 3 heteroatoms. The van der Waals surface area contributed by atoms with Crippen molar-refractivity contribution in [2.24, 2.45) is 0 Å². The van der Waals surface area contributed by atoms with Crippen molar-refractivity contribution >= 4 is 0 Å². The first-order valence-corrected chi connectivity index (χ1v) is 6.13. The van der Waals surface area contributed by atoms with Gasteiger partial charge in [0.2, 0.25) is 0 Å². The van der Waals surface area contributed by atoms with Gasteiger partial charge in [0.15, 0.2) is 0 Å². The van der Waals surface area contributed by atoms with Crippen LogP contribution in [0.25, 0.3) is 0 Å². The van der Waals surface area contributed by atoms with E-state index >= 15 is 0 Å². The quantitative estimate of drug-likeness (QED) is 0.846. The minimum Gasteiger partial charge on any atom is -0.387 e. The highest BCUT2D eigenvalue weighted by molar-refractivity contribution is 5.18. The summed E-state index contributed by atoms with van der Waals surface area (Å²) in [5.41, 5.74) is 2.06. The Hall–Kier alpha value is -1.71. The average Bonchev–Trinajstić information content (AvgIpc) is 2.46. The van der Waals surface area contributed by atoms with Crippen molar-refractivity contribution in [1.82, 2.24) is 10.3 Å². The maximum atomic E-state index is 10.0. The molecular weight excluding hydrogens is 224 g/mol. The Kier molecular flexibility index (Phi) is 4.45. The predicted molar refractivity (Wildman–Crippen MR) is 72.1 cm³/mol. The van der Waals surface area contributed by atoms with Crippen molar-refractivity contribution in [3.63, 3.8) is 0 Å². The second kappa shape index (κ2) is 6.28. The molecule has 0 aliphatic carbocycles. The minimum absolute atomic E-state index is 0.220. The molecule has 0 amide bonds. The molecule has 2 N–H and O–H groups in total. The smallest absolute Gasteiger partial charge is 0.0929 e. The third kappa shape index (κ3) is 3.39. The van der Waals surface area contributed by atoms with Gasteiger partial charge in [-0.25, -0.2) is 0 Å². The summed E-state index contributed by atoms with van der Waals surface area (Å²) in [6.45, 7) is 2.60. The summed E-state index contributed by atoms with van der Waals surface area (Å²) in [4.78, 5) is 4.00. The first-order chi connectivity index (χ1) is 8.77. The number of rotatable bonds is 5. The molecule has 0 spiro atoms. The van der Waals surface area contributed by atoms with E-state index in [-0.39, 0.29) is 6.04 Å². The second-order valence-corrected chi connectivity index (χ2v) is 4.34. The number of nitrogens with one attached hydrogen (secondary N) is 1. The lowest BCUT2D eigenvalue weighted by Gasteiger charge is -2.17. The summed E-state index contributed by atoms with van der Waals surface area (Å²) in [6.07, 6.45) is 2.88. The molecule has 18 heavy (non-hydrogen) atoms. The van der Waals surface area contributed by atoms with Crippen LogP contribution in [0.4, 0.5) is 0 Å². The molecule has 0 bridgehead atoms. The highest BCUT2D eigenvalue weighted by atomic mass is 16.3. The van der Waals surface area contributed by atoms with Gasteiger partial charge in [0, 0.05) is 30.5 Å². The van der Waals surface area contributed by atoms with Gasteiger partial charge >= 0.3 is 0 Å². The van der Waals surface area contributed by atoms with Gasteiger partial charge in [-0.3, -0.25) is 4.98 Å². The molecule has 1 aromatic heterocycles. The molecule has 1 heterocycles. The van der Waals surface area contributed by atoms with Crippen molar-refractivity contribution < 1.29 is 5.11 Å². The van der Waals surface area contributed by atoms with E-state index in [9.17, 15) is 5.11 Å². The molecule has 1 unspecified atom stereocenters. The van der Waals surface area contributed by atoms with Crippen molar-refractivity contribution in [2.75, 3.05) is 6.54 Å². The molecule has 2 aromatic rings. The molecule has 2 atom stereocenters. The maximum absolute atomic E-state index is 10.0. The molecule has 2 rings (SSSR count). The zero-order valence-electron chi connectivity index (χ0n) is 10.5. The Balaban J connectivity index is 1.89. The van der Waals surface area contributed by atoms with Gasteiger partial charge in [-0.2, -0.15) is 0 Å². The lowest BCUT2D eigenvalue weighted by atomic mass is 10.1. The molecule has 0 aliphatic heterocycles. The van der Waals surface area contributed by atoms with Crippen molar-refractivity contribution in [3.05, 3.63) is 66.0 Å². The van der Waals surface area contributed by atoms with Crippen LogP contribution in [0.5, 0.6) is 0 Å². The number of pyridine rings is 1. The van der Waals surface area contributed by atoms with E-state index in [0.717, 1.165) is 5.56 Å². The van der Waals surface area contributed by atoms with Crippen molar-refractivity contribution in [2.45, 2.75) is 19.1 Å². The third-order valence-electron chi connectivity index (χ3n) is 2.99. The van der Waals surface area contributed by atoms with Crippen LogP contribution < -0.4 is 5.32 Å². The van der Waals surface area contributed by atoms with Crippen molar-refractivity contribution in [3.8, 4) is 0 Å². The van der Waals surface area contributed by atoms with Gasteiger partial charge in [0.1, 0.15) is 0 Å². The summed E-state index contributed by atoms with van der Waals surface area (Å²) in [6, 6.07) is 14.1. The van der Waals surface area contributed by atoms with E-state index < -0.39 is 6.10 Å². The highest BCUT2D eigenvalue weighted by Gasteiger charge is 2.10. The summed E-state index contributed by atoms with van der Waals surface area (Å²) in [7, 11) is 0. The first-order valence-electron chi connectivity index (χ1n) is 6.13. The van der Waals surface area contributed by atoms with Crippen LogP contribution in [0.2, 0.25) is 0 Å². The first kappa shape index (κ1) is 12.7. The standard InChI is InChI=1S/C15H18N2O/c1-12(13-6-3-2-4-7-13)17-11-15(18)14-8-5-9-16-10-14/h2-10,12,15,17-18H,11H2,1H3/t12?,15-/m0/s1. The normalized spacial score (nSPS) is 14.1. The van der Waals surface area contributed by atoms with Gasteiger partial charge in [-0.15, -0.1) is 0 Å². The number of hydrogen-bond donors (Lipinski definition) is 2. The molecule has 0 saturated carbocycles. The van der Waals surface area contributed by atoms with E-state index in [2.05, 4.69) is 29.4 Å². The fourth-order valence-electron chi connectivity index (χ4n) is 1.84. The average molecular weight is 242 g/mol. The lowest BCUT2D eigenvalue weighted by molar-refractivity contribution is 0.170.